The molecule has 0 aliphatic carbocycles. The Morgan fingerprint density at radius 3 is 2.33 bits per heavy atom. The largest absolute Gasteiger partial charge is 0.272 e. The van der Waals surface area contributed by atoms with E-state index in [2.05, 4.69) is 26.5 Å². The second kappa shape index (κ2) is 6.58. The average Bonchev–Trinajstić information content (AvgIpc) is 2.45. The van der Waals surface area contributed by atoms with Crippen LogP contribution in [-0.2, 0) is 0 Å². The van der Waals surface area contributed by atoms with Crippen molar-refractivity contribution in [2.24, 2.45) is 5.10 Å². The van der Waals surface area contributed by atoms with Gasteiger partial charge in [0.25, 0.3) is 5.91 Å². The monoisotopic (exact) mass is 352 g/mol. The molecular weight excluding hydrogens is 342 g/mol. The van der Waals surface area contributed by atoms with E-state index in [1.807, 2.05) is 0 Å². The molecule has 0 heterocycles. The van der Waals surface area contributed by atoms with Crippen LogP contribution in [0.4, 0.5) is 8.78 Å². The van der Waals surface area contributed by atoms with Gasteiger partial charge < -0.3 is 0 Å². The van der Waals surface area contributed by atoms with Crippen LogP contribution < -0.4 is 5.43 Å². The third kappa shape index (κ3) is 3.52. The molecule has 108 valence electrons. The highest BCUT2D eigenvalue weighted by Crippen LogP contribution is 2.16. The van der Waals surface area contributed by atoms with Crippen LogP contribution in [-0.4, -0.2) is 11.6 Å². The van der Waals surface area contributed by atoms with Crippen LogP contribution in [0.5, 0.6) is 0 Å². The van der Waals surface area contributed by atoms with Crippen molar-refractivity contribution in [1.29, 1.82) is 0 Å². The van der Waals surface area contributed by atoms with Gasteiger partial charge in [-0.05, 0) is 47.1 Å². The van der Waals surface area contributed by atoms with Crippen molar-refractivity contribution in [1.82, 2.24) is 5.43 Å². The molecule has 0 saturated carbocycles. The second-order valence-corrected chi connectivity index (χ2v) is 5.07. The molecule has 21 heavy (non-hydrogen) atoms. The molecule has 0 saturated heterocycles. The summed E-state index contributed by atoms with van der Waals surface area (Å²) in [5.74, 6) is -1.93. The van der Waals surface area contributed by atoms with E-state index in [4.69, 9.17) is 0 Å². The first kappa shape index (κ1) is 15.3. The van der Waals surface area contributed by atoms with E-state index in [1.165, 1.54) is 13.0 Å². The minimum atomic E-state index is -0.730. The van der Waals surface area contributed by atoms with Crippen molar-refractivity contribution in [3.8, 4) is 0 Å². The predicted octanol–water partition coefficient (Wildman–Crippen LogP) is 3.88. The van der Waals surface area contributed by atoms with Crippen molar-refractivity contribution in [3.63, 3.8) is 0 Å². The minimum Gasteiger partial charge on any atom is -0.267 e. The Labute approximate surface area is 128 Å². The van der Waals surface area contributed by atoms with E-state index < -0.39 is 17.5 Å². The number of carbonyl (C=O) groups excluding carboxylic acids is 1. The molecule has 2 aromatic carbocycles. The van der Waals surface area contributed by atoms with Crippen LogP contribution in [0.1, 0.15) is 22.8 Å². The third-order valence-corrected chi connectivity index (χ3v) is 3.46. The zero-order valence-electron chi connectivity index (χ0n) is 11.0. The lowest BCUT2D eigenvalue weighted by Crippen LogP contribution is -2.20. The number of nitrogens with zero attached hydrogens (tertiary/aromatic N) is 1. The lowest BCUT2D eigenvalue weighted by atomic mass is 10.1. The summed E-state index contributed by atoms with van der Waals surface area (Å²) in [6.07, 6.45) is 0. The molecule has 0 aliphatic heterocycles. The summed E-state index contributed by atoms with van der Waals surface area (Å²) in [5.41, 5.74) is 2.44. The van der Waals surface area contributed by atoms with E-state index in [9.17, 15) is 13.6 Å². The first-order valence-electron chi connectivity index (χ1n) is 6.04. The molecule has 2 aromatic rings. The van der Waals surface area contributed by atoms with Gasteiger partial charge in [0.05, 0.1) is 16.8 Å². The number of hydrogen-bond donors (Lipinski definition) is 1. The Balaban J connectivity index is 2.22. The zero-order valence-corrected chi connectivity index (χ0v) is 12.6. The fourth-order valence-corrected chi connectivity index (χ4v) is 2.20. The normalized spacial score (nSPS) is 11.3. The molecule has 2 rings (SSSR count). The molecular formula is C15H11BrF2N2O. The summed E-state index contributed by atoms with van der Waals surface area (Å²) in [7, 11) is 0. The van der Waals surface area contributed by atoms with E-state index in [0.717, 1.165) is 12.1 Å². The van der Waals surface area contributed by atoms with Crippen LogP contribution >= 0.6 is 15.9 Å². The van der Waals surface area contributed by atoms with Gasteiger partial charge in [-0.15, -0.1) is 0 Å². The molecule has 3 nitrogen and oxygen atoms in total. The highest BCUT2D eigenvalue weighted by Gasteiger charge is 2.13. The number of hydrogen-bond acceptors (Lipinski definition) is 2. The predicted molar refractivity (Wildman–Crippen MR) is 80.2 cm³/mol. The minimum absolute atomic E-state index is 0.0472. The summed E-state index contributed by atoms with van der Waals surface area (Å²) in [4.78, 5) is 11.9. The third-order valence-electron chi connectivity index (χ3n) is 2.77. The van der Waals surface area contributed by atoms with Crippen LogP contribution in [0.3, 0.4) is 0 Å². The SMILES string of the molecule is C/C(=N/NC(=O)c1ccccc1Br)c1c(F)cccc1F. The maximum Gasteiger partial charge on any atom is 0.272 e. The van der Waals surface area contributed by atoms with Crippen LogP contribution in [0, 0.1) is 11.6 Å². The molecule has 1 amide bonds. The van der Waals surface area contributed by atoms with Gasteiger partial charge in [-0.1, -0.05) is 18.2 Å². The summed E-state index contributed by atoms with van der Waals surface area (Å²) in [6.45, 7) is 1.42. The van der Waals surface area contributed by atoms with E-state index in [0.29, 0.717) is 10.0 Å². The summed E-state index contributed by atoms with van der Waals surface area (Å²) >= 11 is 3.24. The Bertz CT molecular complexity index is 696. The van der Waals surface area contributed by atoms with Crippen molar-refractivity contribution >= 4 is 27.5 Å². The van der Waals surface area contributed by atoms with Crippen molar-refractivity contribution in [2.45, 2.75) is 6.92 Å². The van der Waals surface area contributed by atoms with Crippen molar-refractivity contribution < 1.29 is 13.6 Å². The quantitative estimate of drug-likeness (QED) is 0.660. The molecule has 0 radical (unpaired) electrons. The number of halogens is 3. The smallest absolute Gasteiger partial charge is 0.267 e. The highest BCUT2D eigenvalue weighted by molar-refractivity contribution is 9.10. The van der Waals surface area contributed by atoms with Gasteiger partial charge >= 0.3 is 0 Å². The van der Waals surface area contributed by atoms with Crippen molar-refractivity contribution in [3.05, 3.63) is 69.7 Å². The Hall–Kier alpha value is -2.08. The fraction of sp³-hybridized carbons (Fsp3) is 0.0667. The summed E-state index contributed by atoms with van der Waals surface area (Å²) < 4.78 is 27.7. The lowest BCUT2D eigenvalue weighted by Gasteiger charge is -2.06. The Morgan fingerprint density at radius 2 is 1.71 bits per heavy atom. The number of hydrazone groups is 1. The Morgan fingerprint density at radius 1 is 1.10 bits per heavy atom. The second-order valence-electron chi connectivity index (χ2n) is 4.21. The van der Waals surface area contributed by atoms with Gasteiger partial charge in [-0.3, -0.25) is 4.79 Å². The Kier molecular flexibility index (Phi) is 4.80. The first-order valence-corrected chi connectivity index (χ1v) is 6.83. The van der Waals surface area contributed by atoms with Gasteiger partial charge in [0.15, 0.2) is 0 Å². The number of carbonyl (C=O) groups is 1. The molecule has 0 fully saturated rings. The number of benzene rings is 2. The number of nitrogens with one attached hydrogen (secondary N) is 1. The molecule has 0 atom stereocenters. The van der Waals surface area contributed by atoms with Crippen molar-refractivity contribution in [2.75, 3.05) is 0 Å². The van der Waals surface area contributed by atoms with Crippen LogP contribution in [0.15, 0.2) is 52.0 Å². The van der Waals surface area contributed by atoms with Gasteiger partial charge in [0.2, 0.25) is 0 Å². The topological polar surface area (TPSA) is 41.5 Å². The summed E-state index contributed by atoms with van der Waals surface area (Å²) in [5, 5.41) is 3.75. The number of amides is 1. The van der Waals surface area contributed by atoms with Gasteiger partial charge in [0.1, 0.15) is 11.6 Å². The average molecular weight is 353 g/mol. The molecule has 1 N–H and O–H groups in total. The standard InChI is InChI=1S/C15H11BrF2N2O/c1-9(14-12(17)7-4-8-13(14)18)19-20-15(21)10-5-2-3-6-11(10)16/h2-8H,1H3,(H,20,21)/b19-9-. The fourth-order valence-electron chi connectivity index (χ4n) is 1.74. The lowest BCUT2D eigenvalue weighted by molar-refractivity contribution is 0.0954. The van der Waals surface area contributed by atoms with E-state index in [-0.39, 0.29) is 11.3 Å². The summed E-state index contributed by atoms with van der Waals surface area (Å²) in [6, 6.07) is 10.3. The molecule has 6 heteroatoms. The molecule has 0 unspecified atom stereocenters. The molecule has 0 aliphatic rings. The van der Waals surface area contributed by atoms with Gasteiger partial charge in [0, 0.05) is 4.47 Å². The molecule has 0 spiro atoms. The maximum absolute atomic E-state index is 13.6. The maximum atomic E-state index is 13.6. The van der Waals surface area contributed by atoms with Crippen LogP contribution in [0.2, 0.25) is 0 Å². The molecule has 0 bridgehead atoms. The number of rotatable bonds is 3. The van der Waals surface area contributed by atoms with Gasteiger partial charge in [-0.25, -0.2) is 14.2 Å². The first-order chi connectivity index (χ1) is 10.0. The van der Waals surface area contributed by atoms with Gasteiger partial charge in [-0.2, -0.15) is 5.10 Å². The van der Waals surface area contributed by atoms with Crippen LogP contribution in [0.25, 0.3) is 0 Å². The molecule has 0 aromatic heterocycles. The van der Waals surface area contributed by atoms with E-state index in [1.54, 1.807) is 24.3 Å². The highest BCUT2D eigenvalue weighted by atomic mass is 79.9. The zero-order chi connectivity index (χ0) is 15.4. The van der Waals surface area contributed by atoms with E-state index >= 15 is 0 Å².